The molecular weight excluding hydrogens is 268 g/mol. The second kappa shape index (κ2) is 7.02. The Bertz CT molecular complexity index is 414. The molecule has 1 aromatic rings. The van der Waals surface area contributed by atoms with Gasteiger partial charge < -0.3 is 10.6 Å². The van der Waals surface area contributed by atoms with Crippen LogP contribution in [0.3, 0.4) is 0 Å². The van der Waals surface area contributed by atoms with Crippen LogP contribution in [0, 0.1) is 0 Å². The number of amides is 1. The van der Waals surface area contributed by atoms with E-state index in [1.165, 1.54) is 11.8 Å². The first-order valence-corrected chi connectivity index (χ1v) is 7.11. The quantitative estimate of drug-likeness (QED) is 0.847. The van der Waals surface area contributed by atoms with Crippen molar-refractivity contribution in [3.05, 3.63) is 29.3 Å². The van der Waals surface area contributed by atoms with Crippen LogP contribution in [0.4, 0.5) is 0 Å². The van der Waals surface area contributed by atoms with E-state index in [0.717, 1.165) is 4.90 Å². The zero-order valence-electron chi connectivity index (χ0n) is 10.9. The van der Waals surface area contributed by atoms with Gasteiger partial charge in [-0.15, -0.1) is 11.8 Å². The van der Waals surface area contributed by atoms with Crippen LogP contribution in [-0.4, -0.2) is 35.7 Å². The molecule has 2 atom stereocenters. The molecule has 0 saturated carbocycles. The molecule has 0 aliphatic rings. The molecular formula is C13H19ClN2OS. The Labute approximate surface area is 118 Å². The average molecular weight is 287 g/mol. The van der Waals surface area contributed by atoms with Gasteiger partial charge in [-0.05, 0) is 26.0 Å². The predicted octanol–water partition coefficient (Wildman–Crippen LogP) is 2.63. The van der Waals surface area contributed by atoms with Gasteiger partial charge in [-0.1, -0.05) is 23.7 Å². The number of rotatable bonds is 5. The van der Waals surface area contributed by atoms with Crippen LogP contribution in [-0.2, 0) is 4.79 Å². The molecule has 1 rings (SSSR count). The van der Waals surface area contributed by atoms with Gasteiger partial charge >= 0.3 is 0 Å². The lowest BCUT2D eigenvalue weighted by Crippen LogP contribution is -2.43. The van der Waals surface area contributed by atoms with E-state index in [9.17, 15) is 4.79 Å². The van der Waals surface area contributed by atoms with E-state index in [1.807, 2.05) is 38.1 Å². The van der Waals surface area contributed by atoms with Crippen molar-refractivity contribution in [2.75, 3.05) is 13.6 Å². The Balaban J connectivity index is 2.68. The number of likely N-dealkylation sites (N-methyl/N-ethyl adjacent to an activating group) is 1. The molecule has 0 aliphatic heterocycles. The molecule has 3 nitrogen and oxygen atoms in total. The second-order valence-electron chi connectivity index (χ2n) is 4.22. The van der Waals surface area contributed by atoms with Gasteiger partial charge in [0.1, 0.15) is 0 Å². The highest BCUT2D eigenvalue weighted by atomic mass is 35.5. The van der Waals surface area contributed by atoms with Crippen LogP contribution in [0.15, 0.2) is 29.2 Å². The number of thioether (sulfide) groups is 1. The summed E-state index contributed by atoms with van der Waals surface area (Å²) < 4.78 is 0. The Morgan fingerprint density at radius 2 is 2.06 bits per heavy atom. The van der Waals surface area contributed by atoms with Crippen molar-refractivity contribution in [2.45, 2.75) is 30.0 Å². The fraction of sp³-hybridized carbons (Fsp3) is 0.462. The maximum Gasteiger partial charge on any atom is 0.235 e. The normalized spacial score (nSPS) is 14.1. The van der Waals surface area contributed by atoms with Crippen molar-refractivity contribution in [3.63, 3.8) is 0 Å². The van der Waals surface area contributed by atoms with E-state index in [-0.39, 0.29) is 17.2 Å². The smallest absolute Gasteiger partial charge is 0.235 e. The van der Waals surface area contributed by atoms with Gasteiger partial charge in [-0.2, -0.15) is 0 Å². The summed E-state index contributed by atoms with van der Waals surface area (Å²) in [6.45, 7) is 4.28. The van der Waals surface area contributed by atoms with E-state index in [1.54, 1.807) is 11.9 Å². The Morgan fingerprint density at radius 1 is 1.44 bits per heavy atom. The molecule has 2 N–H and O–H groups in total. The first kappa shape index (κ1) is 15.3. The predicted molar refractivity (Wildman–Crippen MR) is 78.1 cm³/mol. The lowest BCUT2D eigenvalue weighted by molar-refractivity contribution is -0.130. The summed E-state index contributed by atoms with van der Waals surface area (Å²) in [5.41, 5.74) is 5.57. The molecule has 0 radical (unpaired) electrons. The molecule has 0 saturated heterocycles. The van der Waals surface area contributed by atoms with Crippen molar-refractivity contribution in [1.82, 2.24) is 4.90 Å². The summed E-state index contributed by atoms with van der Waals surface area (Å²) in [5, 5.41) is 0.501. The minimum absolute atomic E-state index is 0.0480. The number of hydrogen-bond donors (Lipinski definition) is 1. The molecule has 2 unspecified atom stereocenters. The van der Waals surface area contributed by atoms with Crippen molar-refractivity contribution in [2.24, 2.45) is 5.73 Å². The van der Waals surface area contributed by atoms with E-state index >= 15 is 0 Å². The molecule has 0 bridgehead atoms. The first-order valence-electron chi connectivity index (χ1n) is 5.85. The summed E-state index contributed by atoms with van der Waals surface area (Å²) in [5.74, 6) is 0.0675. The molecule has 1 amide bonds. The van der Waals surface area contributed by atoms with Crippen LogP contribution in [0.2, 0.25) is 5.02 Å². The largest absolute Gasteiger partial charge is 0.341 e. The van der Waals surface area contributed by atoms with Gasteiger partial charge in [0.25, 0.3) is 0 Å². The number of benzene rings is 1. The number of halogens is 1. The highest BCUT2D eigenvalue weighted by Gasteiger charge is 2.22. The number of nitrogens with zero attached hydrogens (tertiary/aromatic N) is 1. The molecule has 0 spiro atoms. The van der Waals surface area contributed by atoms with Gasteiger partial charge in [0, 0.05) is 24.5 Å². The summed E-state index contributed by atoms with van der Waals surface area (Å²) in [4.78, 5) is 14.8. The van der Waals surface area contributed by atoms with Crippen molar-refractivity contribution in [1.29, 1.82) is 0 Å². The van der Waals surface area contributed by atoms with Gasteiger partial charge in [0.2, 0.25) is 5.91 Å². The Morgan fingerprint density at radius 3 is 2.61 bits per heavy atom. The van der Waals surface area contributed by atoms with Crippen LogP contribution in [0.5, 0.6) is 0 Å². The van der Waals surface area contributed by atoms with E-state index < -0.39 is 0 Å². The van der Waals surface area contributed by atoms with Crippen molar-refractivity contribution < 1.29 is 4.79 Å². The topological polar surface area (TPSA) is 46.3 Å². The van der Waals surface area contributed by atoms with Gasteiger partial charge in [0.05, 0.1) is 10.3 Å². The third-order valence-corrected chi connectivity index (χ3v) is 4.44. The van der Waals surface area contributed by atoms with Crippen molar-refractivity contribution >= 4 is 29.3 Å². The molecule has 1 aromatic carbocycles. The number of hydrogen-bond acceptors (Lipinski definition) is 3. The Hall–Kier alpha value is -0.710. The highest BCUT2D eigenvalue weighted by Crippen LogP contribution is 2.30. The average Bonchev–Trinajstić information content (AvgIpc) is 2.38. The lowest BCUT2D eigenvalue weighted by atomic mass is 10.3. The van der Waals surface area contributed by atoms with E-state index in [4.69, 9.17) is 17.3 Å². The van der Waals surface area contributed by atoms with E-state index in [0.29, 0.717) is 11.6 Å². The minimum atomic E-state index is -0.177. The molecule has 0 aromatic heterocycles. The van der Waals surface area contributed by atoms with Crippen LogP contribution >= 0.6 is 23.4 Å². The van der Waals surface area contributed by atoms with Gasteiger partial charge in [-0.25, -0.2) is 0 Å². The molecule has 0 fully saturated rings. The summed E-state index contributed by atoms with van der Waals surface area (Å²) in [7, 11) is 1.78. The van der Waals surface area contributed by atoms with Crippen LogP contribution < -0.4 is 5.73 Å². The third kappa shape index (κ3) is 3.90. The van der Waals surface area contributed by atoms with Gasteiger partial charge in [0.15, 0.2) is 0 Å². The summed E-state index contributed by atoms with van der Waals surface area (Å²) in [6.07, 6.45) is 0. The first-order chi connectivity index (χ1) is 8.47. The SMILES string of the molecule is CC(Sc1ccccc1Cl)C(=O)N(C)C(C)CN. The molecule has 5 heteroatoms. The monoisotopic (exact) mass is 286 g/mol. The molecule has 100 valence electrons. The fourth-order valence-corrected chi connectivity index (χ4v) is 2.70. The lowest BCUT2D eigenvalue weighted by Gasteiger charge is -2.26. The number of nitrogens with two attached hydrogens (primary N) is 1. The summed E-state index contributed by atoms with van der Waals surface area (Å²) in [6, 6.07) is 7.59. The zero-order valence-corrected chi connectivity index (χ0v) is 12.5. The zero-order chi connectivity index (χ0) is 13.7. The maximum absolute atomic E-state index is 12.2. The standard InChI is InChI=1S/C13H19ClN2OS/c1-9(8-15)16(3)13(17)10(2)18-12-7-5-4-6-11(12)14/h4-7,9-10H,8,15H2,1-3H3. The molecule has 0 aliphatic carbocycles. The fourth-order valence-electron chi connectivity index (χ4n) is 1.44. The van der Waals surface area contributed by atoms with Crippen LogP contribution in [0.1, 0.15) is 13.8 Å². The van der Waals surface area contributed by atoms with Gasteiger partial charge in [-0.3, -0.25) is 4.79 Å². The molecule has 18 heavy (non-hydrogen) atoms. The second-order valence-corrected chi connectivity index (χ2v) is 6.01. The van der Waals surface area contributed by atoms with Crippen LogP contribution in [0.25, 0.3) is 0 Å². The molecule has 0 heterocycles. The maximum atomic E-state index is 12.2. The third-order valence-electron chi connectivity index (χ3n) is 2.84. The number of carbonyl (C=O) groups is 1. The van der Waals surface area contributed by atoms with E-state index in [2.05, 4.69) is 0 Å². The van der Waals surface area contributed by atoms with Crippen molar-refractivity contribution in [3.8, 4) is 0 Å². The Kier molecular flexibility index (Phi) is 5.99. The minimum Gasteiger partial charge on any atom is -0.341 e. The number of carbonyl (C=O) groups excluding carboxylic acids is 1. The summed E-state index contributed by atoms with van der Waals surface area (Å²) >= 11 is 7.55. The highest BCUT2D eigenvalue weighted by molar-refractivity contribution is 8.00.